The highest BCUT2D eigenvalue weighted by atomic mass is 35.5. The van der Waals surface area contributed by atoms with Gasteiger partial charge in [-0.3, -0.25) is 9.59 Å². The van der Waals surface area contributed by atoms with E-state index in [0.29, 0.717) is 12.8 Å². The first-order chi connectivity index (χ1) is 14.1. The molecular formula is C25H34Cl2N2O2. The van der Waals surface area contributed by atoms with Crippen molar-refractivity contribution in [2.24, 2.45) is 0 Å². The molecule has 1 aliphatic rings. The molecule has 0 saturated heterocycles. The Morgan fingerprint density at radius 1 is 0.742 bits per heavy atom. The fourth-order valence-corrected chi connectivity index (χ4v) is 3.95. The Hall–Kier alpha value is -1.72. The van der Waals surface area contributed by atoms with Gasteiger partial charge in [-0.25, -0.2) is 0 Å². The van der Waals surface area contributed by atoms with Crippen LogP contribution in [0.1, 0.15) is 71.4 Å². The smallest absolute Gasteiger partial charge is 0.162 e. The van der Waals surface area contributed by atoms with Gasteiger partial charge in [-0.15, -0.1) is 24.8 Å². The second-order valence-electron chi connectivity index (χ2n) is 7.68. The first-order valence-electron chi connectivity index (χ1n) is 10.9. The highest BCUT2D eigenvalue weighted by Gasteiger charge is 2.21. The highest BCUT2D eigenvalue weighted by Crippen LogP contribution is 2.37. The zero-order valence-corrected chi connectivity index (χ0v) is 20.1. The predicted octanol–water partition coefficient (Wildman–Crippen LogP) is 5.25. The number of halogens is 2. The first kappa shape index (κ1) is 27.3. The lowest BCUT2D eigenvalue weighted by Crippen LogP contribution is -2.15. The summed E-state index contributed by atoms with van der Waals surface area (Å²) in [5.41, 5.74) is 6.36. The maximum Gasteiger partial charge on any atom is 0.162 e. The molecule has 31 heavy (non-hydrogen) atoms. The molecule has 2 N–H and O–H groups in total. The molecule has 0 amide bonds. The van der Waals surface area contributed by atoms with Gasteiger partial charge in [0.2, 0.25) is 0 Å². The monoisotopic (exact) mass is 464 g/mol. The van der Waals surface area contributed by atoms with Crippen LogP contribution in [-0.4, -0.2) is 37.7 Å². The van der Waals surface area contributed by atoms with E-state index in [2.05, 4.69) is 36.6 Å². The zero-order valence-electron chi connectivity index (χ0n) is 18.5. The number of Topliss-reactive ketones (excluding diaryl/α,β-unsaturated/α-hetero) is 2. The molecule has 0 spiro atoms. The molecule has 0 unspecified atom stereocenters. The SMILES string of the molecule is CCNCCCC(=O)c1ccc2c(c1)Cc1cc(C(=O)CCCNCC)ccc1-2.Cl.Cl. The quantitative estimate of drug-likeness (QED) is 0.284. The molecule has 0 aliphatic heterocycles. The summed E-state index contributed by atoms with van der Waals surface area (Å²) < 4.78 is 0. The average Bonchev–Trinajstić information content (AvgIpc) is 3.10. The molecule has 2 aromatic carbocycles. The topological polar surface area (TPSA) is 58.2 Å². The molecule has 1 aliphatic carbocycles. The maximum atomic E-state index is 12.5. The van der Waals surface area contributed by atoms with Gasteiger partial charge >= 0.3 is 0 Å². The molecule has 0 bridgehead atoms. The molecule has 3 rings (SSSR count). The first-order valence-corrected chi connectivity index (χ1v) is 10.9. The summed E-state index contributed by atoms with van der Waals surface area (Å²) in [7, 11) is 0. The third kappa shape index (κ3) is 7.15. The molecule has 0 fully saturated rings. The number of hydrogen-bond acceptors (Lipinski definition) is 4. The largest absolute Gasteiger partial charge is 0.317 e. The molecule has 0 atom stereocenters. The van der Waals surface area contributed by atoms with Crippen molar-refractivity contribution in [3.8, 4) is 11.1 Å². The normalized spacial score (nSPS) is 11.2. The Morgan fingerprint density at radius 2 is 1.16 bits per heavy atom. The van der Waals surface area contributed by atoms with Crippen LogP contribution in [0.3, 0.4) is 0 Å². The summed E-state index contributed by atoms with van der Waals surface area (Å²) in [6.45, 7) is 7.77. The van der Waals surface area contributed by atoms with Crippen LogP contribution in [0.2, 0.25) is 0 Å². The third-order valence-electron chi connectivity index (χ3n) is 5.54. The Balaban J connectivity index is 0.00000240. The van der Waals surface area contributed by atoms with E-state index >= 15 is 0 Å². The van der Waals surface area contributed by atoms with E-state index in [9.17, 15) is 9.59 Å². The van der Waals surface area contributed by atoms with Crippen LogP contribution in [0.4, 0.5) is 0 Å². The lowest BCUT2D eigenvalue weighted by Gasteiger charge is -2.06. The number of rotatable bonds is 12. The molecule has 170 valence electrons. The van der Waals surface area contributed by atoms with Gasteiger partial charge in [0.15, 0.2) is 11.6 Å². The maximum absolute atomic E-state index is 12.5. The fourth-order valence-electron chi connectivity index (χ4n) is 3.95. The van der Waals surface area contributed by atoms with E-state index < -0.39 is 0 Å². The van der Waals surface area contributed by atoms with Gasteiger partial charge in [0.05, 0.1) is 0 Å². The minimum atomic E-state index is 0. The summed E-state index contributed by atoms with van der Waals surface area (Å²) in [5, 5.41) is 6.52. The average molecular weight is 465 g/mol. The molecule has 0 heterocycles. The van der Waals surface area contributed by atoms with Crippen LogP contribution in [0.15, 0.2) is 36.4 Å². The lowest BCUT2D eigenvalue weighted by molar-refractivity contribution is 0.0972. The number of carbonyl (C=O) groups is 2. The number of nitrogens with one attached hydrogen (secondary N) is 2. The van der Waals surface area contributed by atoms with Crippen molar-refractivity contribution in [3.05, 3.63) is 58.7 Å². The van der Waals surface area contributed by atoms with Gasteiger partial charge in [-0.05, 0) is 79.8 Å². The number of benzene rings is 2. The third-order valence-corrected chi connectivity index (χ3v) is 5.54. The Labute approximate surface area is 198 Å². The summed E-state index contributed by atoms with van der Waals surface area (Å²) >= 11 is 0. The number of hydrogen-bond donors (Lipinski definition) is 2. The van der Waals surface area contributed by atoms with E-state index in [4.69, 9.17) is 0 Å². The molecule has 0 saturated carbocycles. The lowest BCUT2D eigenvalue weighted by atomic mass is 9.98. The van der Waals surface area contributed by atoms with Crippen LogP contribution in [0, 0.1) is 0 Å². The van der Waals surface area contributed by atoms with E-state index in [1.807, 2.05) is 24.3 Å². The minimum Gasteiger partial charge on any atom is -0.317 e. The number of carbonyl (C=O) groups excluding carboxylic acids is 2. The van der Waals surface area contributed by atoms with Crippen LogP contribution in [0.5, 0.6) is 0 Å². The Bertz CT molecular complexity index is 812. The van der Waals surface area contributed by atoms with Crippen molar-refractivity contribution >= 4 is 36.4 Å². The van der Waals surface area contributed by atoms with E-state index in [1.54, 1.807) is 0 Å². The molecule has 6 heteroatoms. The van der Waals surface area contributed by atoms with Gasteiger partial charge in [-0.2, -0.15) is 0 Å². The van der Waals surface area contributed by atoms with E-state index in [0.717, 1.165) is 56.6 Å². The number of fused-ring (bicyclic) bond motifs is 3. The second kappa shape index (κ2) is 13.6. The summed E-state index contributed by atoms with van der Waals surface area (Å²) in [6, 6.07) is 12.1. The van der Waals surface area contributed by atoms with E-state index in [1.165, 1.54) is 22.3 Å². The Kier molecular flexibility index (Phi) is 12.0. The van der Waals surface area contributed by atoms with Crippen LogP contribution in [-0.2, 0) is 6.42 Å². The van der Waals surface area contributed by atoms with Gasteiger partial charge in [0, 0.05) is 24.0 Å². The summed E-state index contributed by atoms with van der Waals surface area (Å²) in [5.74, 6) is 0.413. The van der Waals surface area contributed by atoms with Crippen LogP contribution >= 0.6 is 24.8 Å². The van der Waals surface area contributed by atoms with Crippen molar-refractivity contribution in [2.75, 3.05) is 26.2 Å². The summed E-state index contributed by atoms with van der Waals surface area (Å²) in [6.07, 6.45) is 3.67. The minimum absolute atomic E-state index is 0. The van der Waals surface area contributed by atoms with Gasteiger partial charge in [0.25, 0.3) is 0 Å². The Morgan fingerprint density at radius 3 is 1.55 bits per heavy atom. The standard InChI is InChI=1S/C25H32N2O2.2ClH/c1-3-26-13-5-7-24(28)18-9-11-22-20(15-18)17-21-16-19(10-12-23(21)22)25(29)8-6-14-27-4-2;;/h9-12,15-16,26-27H,3-8,13-14,17H2,1-2H3;2*1H. The van der Waals surface area contributed by atoms with Crippen LogP contribution in [0.25, 0.3) is 11.1 Å². The molecule has 0 radical (unpaired) electrons. The van der Waals surface area contributed by atoms with Crippen molar-refractivity contribution < 1.29 is 9.59 Å². The van der Waals surface area contributed by atoms with Gasteiger partial charge in [-0.1, -0.05) is 38.1 Å². The molecule has 0 aromatic heterocycles. The van der Waals surface area contributed by atoms with Crippen molar-refractivity contribution in [1.29, 1.82) is 0 Å². The van der Waals surface area contributed by atoms with Crippen LogP contribution < -0.4 is 10.6 Å². The van der Waals surface area contributed by atoms with Crippen molar-refractivity contribution in [1.82, 2.24) is 10.6 Å². The van der Waals surface area contributed by atoms with Gasteiger partial charge < -0.3 is 10.6 Å². The van der Waals surface area contributed by atoms with Crippen molar-refractivity contribution in [2.45, 2.75) is 46.0 Å². The highest BCUT2D eigenvalue weighted by molar-refractivity contribution is 5.99. The second-order valence-corrected chi connectivity index (χ2v) is 7.68. The summed E-state index contributed by atoms with van der Waals surface area (Å²) in [4.78, 5) is 25.0. The molecular weight excluding hydrogens is 431 g/mol. The van der Waals surface area contributed by atoms with E-state index in [-0.39, 0.29) is 36.4 Å². The number of ketones is 2. The fraction of sp³-hybridized carbons (Fsp3) is 0.440. The zero-order chi connectivity index (χ0) is 20.6. The predicted molar refractivity (Wildman–Crippen MR) is 133 cm³/mol. The molecule has 2 aromatic rings. The van der Waals surface area contributed by atoms with Gasteiger partial charge in [0.1, 0.15) is 0 Å². The molecule has 4 nitrogen and oxygen atoms in total. The van der Waals surface area contributed by atoms with Crippen molar-refractivity contribution in [3.63, 3.8) is 0 Å².